The highest BCUT2D eigenvalue weighted by atomic mass is 35.5. The molecule has 6 heteroatoms. The smallest absolute Gasteiger partial charge is 0.257 e. The highest BCUT2D eigenvalue weighted by Crippen LogP contribution is 2.18. The Morgan fingerprint density at radius 3 is 2.95 bits per heavy atom. The molecule has 0 saturated carbocycles. The summed E-state index contributed by atoms with van der Waals surface area (Å²) < 4.78 is 7.36. The number of carbonyl (C=O) groups excluding carboxylic acids is 1. The van der Waals surface area contributed by atoms with Crippen LogP contribution in [0, 0.1) is 0 Å². The molecule has 1 saturated heterocycles. The summed E-state index contributed by atoms with van der Waals surface area (Å²) in [6, 6.07) is 5.73. The quantitative estimate of drug-likeness (QED) is 0.814. The number of hydrogen-bond donors (Lipinski definition) is 0. The molecule has 2 aromatic rings. The topological polar surface area (TPSA) is 46.8 Å². The Morgan fingerprint density at radius 1 is 1.38 bits per heavy atom. The van der Waals surface area contributed by atoms with Gasteiger partial charge in [-0.3, -0.25) is 4.79 Å². The van der Waals surface area contributed by atoms with Gasteiger partial charge in [-0.05, 0) is 25.0 Å². The highest BCUT2D eigenvalue weighted by molar-refractivity contribution is 6.17. The number of ether oxygens (including phenoxy) is 1. The summed E-state index contributed by atoms with van der Waals surface area (Å²) >= 11 is 5.62. The number of piperidine rings is 1. The molecular formula is C15H18ClN3O2. The first kappa shape index (κ1) is 14.4. The van der Waals surface area contributed by atoms with Crippen LogP contribution < -0.4 is 0 Å². The minimum atomic E-state index is 0.0481. The van der Waals surface area contributed by atoms with Gasteiger partial charge in [0.1, 0.15) is 0 Å². The summed E-state index contributed by atoms with van der Waals surface area (Å²) in [5.41, 5.74) is 1.51. The lowest BCUT2D eigenvalue weighted by Gasteiger charge is -2.31. The van der Waals surface area contributed by atoms with Crippen molar-refractivity contribution in [3.05, 3.63) is 36.2 Å². The largest absolute Gasteiger partial charge is 0.377 e. The van der Waals surface area contributed by atoms with Crippen molar-refractivity contribution >= 4 is 23.0 Å². The molecule has 0 N–H and O–H groups in total. The zero-order valence-corrected chi connectivity index (χ0v) is 12.5. The molecule has 0 unspecified atom stereocenters. The third-order valence-electron chi connectivity index (χ3n) is 3.82. The van der Waals surface area contributed by atoms with Crippen LogP contribution in [0.4, 0.5) is 0 Å². The van der Waals surface area contributed by atoms with Gasteiger partial charge in [0, 0.05) is 25.2 Å². The van der Waals surface area contributed by atoms with E-state index in [1.165, 1.54) is 0 Å². The predicted molar refractivity (Wildman–Crippen MR) is 80.8 cm³/mol. The van der Waals surface area contributed by atoms with Crippen molar-refractivity contribution in [1.29, 1.82) is 0 Å². The zero-order chi connectivity index (χ0) is 14.7. The van der Waals surface area contributed by atoms with Gasteiger partial charge in [-0.25, -0.2) is 4.52 Å². The summed E-state index contributed by atoms with van der Waals surface area (Å²) in [4.78, 5) is 14.5. The van der Waals surface area contributed by atoms with Crippen molar-refractivity contribution in [2.75, 3.05) is 25.6 Å². The summed E-state index contributed by atoms with van der Waals surface area (Å²) in [5.74, 6) is 0.564. The fourth-order valence-corrected chi connectivity index (χ4v) is 2.80. The van der Waals surface area contributed by atoms with E-state index >= 15 is 0 Å². The number of alkyl halides is 1. The van der Waals surface area contributed by atoms with Gasteiger partial charge in [-0.1, -0.05) is 6.07 Å². The first-order chi connectivity index (χ1) is 10.3. The number of rotatable bonds is 4. The monoisotopic (exact) mass is 307 g/mol. The van der Waals surface area contributed by atoms with E-state index in [-0.39, 0.29) is 12.0 Å². The Morgan fingerprint density at radius 2 is 2.19 bits per heavy atom. The molecule has 0 radical (unpaired) electrons. The van der Waals surface area contributed by atoms with Crippen molar-refractivity contribution in [3.63, 3.8) is 0 Å². The molecule has 1 aliphatic heterocycles. The van der Waals surface area contributed by atoms with Gasteiger partial charge in [0.15, 0.2) is 0 Å². The molecule has 5 nitrogen and oxygen atoms in total. The Labute approximate surface area is 128 Å². The number of nitrogens with zero attached hydrogens (tertiary/aromatic N) is 3. The van der Waals surface area contributed by atoms with Crippen LogP contribution in [-0.4, -0.2) is 52.1 Å². The van der Waals surface area contributed by atoms with Crippen LogP contribution in [0.2, 0.25) is 0 Å². The fraction of sp³-hybridized carbons (Fsp3) is 0.467. The molecule has 0 bridgehead atoms. The summed E-state index contributed by atoms with van der Waals surface area (Å²) in [6.07, 6.45) is 5.44. The van der Waals surface area contributed by atoms with E-state index in [1.54, 1.807) is 10.7 Å². The van der Waals surface area contributed by atoms with E-state index in [1.807, 2.05) is 29.3 Å². The maximum absolute atomic E-state index is 12.6. The van der Waals surface area contributed by atoms with Crippen molar-refractivity contribution in [2.24, 2.45) is 0 Å². The Balaban J connectivity index is 1.67. The third kappa shape index (κ3) is 3.04. The molecule has 3 rings (SSSR count). The van der Waals surface area contributed by atoms with Gasteiger partial charge < -0.3 is 9.64 Å². The number of amides is 1. The Kier molecular flexibility index (Phi) is 4.41. The molecule has 0 spiro atoms. The minimum Gasteiger partial charge on any atom is -0.377 e. The van der Waals surface area contributed by atoms with Crippen LogP contribution >= 0.6 is 11.6 Å². The highest BCUT2D eigenvalue weighted by Gasteiger charge is 2.25. The van der Waals surface area contributed by atoms with E-state index in [0.29, 0.717) is 18.1 Å². The van der Waals surface area contributed by atoms with Crippen LogP contribution in [0.3, 0.4) is 0 Å². The number of fused-ring (bicyclic) bond motifs is 1. The molecular weight excluding hydrogens is 290 g/mol. The predicted octanol–water partition coefficient (Wildman–Crippen LogP) is 2.19. The molecule has 1 amide bonds. The second-order valence-corrected chi connectivity index (χ2v) is 5.52. The van der Waals surface area contributed by atoms with Crippen LogP contribution in [0.1, 0.15) is 23.2 Å². The van der Waals surface area contributed by atoms with E-state index in [0.717, 1.165) is 31.4 Å². The fourth-order valence-electron chi connectivity index (χ4n) is 2.71. The van der Waals surface area contributed by atoms with Crippen molar-refractivity contribution < 1.29 is 9.53 Å². The molecule has 0 aliphatic carbocycles. The van der Waals surface area contributed by atoms with Crippen LogP contribution in [0.15, 0.2) is 30.6 Å². The lowest BCUT2D eigenvalue weighted by atomic mass is 10.1. The lowest BCUT2D eigenvalue weighted by Crippen LogP contribution is -2.41. The van der Waals surface area contributed by atoms with Crippen LogP contribution in [0.25, 0.3) is 5.52 Å². The Bertz CT molecular complexity index is 620. The molecule has 112 valence electrons. The number of hydrogen-bond acceptors (Lipinski definition) is 3. The van der Waals surface area contributed by atoms with Gasteiger partial charge in [0.25, 0.3) is 5.91 Å². The standard InChI is InChI=1S/C15H18ClN3O2/c16-6-10-21-12-4-8-18(9-5-12)15(20)13-11-17-19-7-2-1-3-14(13)19/h1-3,7,11-12H,4-6,8-10H2. The molecule has 3 heterocycles. The third-order valence-corrected chi connectivity index (χ3v) is 3.97. The first-order valence-corrected chi connectivity index (χ1v) is 7.72. The SMILES string of the molecule is O=C(c1cnn2ccccc12)N1CCC(OCCCl)CC1. The van der Waals surface area contributed by atoms with E-state index in [2.05, 4.69) is 5.10 Å². The zero-order valence-electron chi connectivity index (χ0n) is 11.7. The van der Waals surface area contributed by atoms with Gasteiger partial charge in [-0.15, -0.1) is 11.6 Å². The maximum atomic E-state index is 12.6. The number of carbonyl (C=O) groups is 1. The van der Waals surface area contributed by atoms with Gasteiger partial charge in [0.2, 0.25) is 0 Å². The van der Waals surface area contributed by atoms with E-state index < -0.39 is 0 Å². The summed E-state index contributed by atoms with van der Waals surface area (Å²) in [5, 5.41) is 4.22. The maximum Gasteiger partial charge on any atom is 0.257 e. The number of likely N-dealkylation sites (tertiary alicyclic amines) is 1. The van der Waals surface area contributed by atoms with Crippen molar-refractivity contribution in [3.8, 4) is 0 Å². The Hall–Kier alpha value is -1.59. The molecule has 0 atom stereocenters. The second-order valence-electron chi connectivity index (χ2n) is 5.14. The van der Waals surface area contributed by atoms with Gasteiger partial charge >= 0.3 is 0 Å². The van der Waals surface area contributed by atoms with E-state index in [4.69, 9.17) is 16.3 Å². The molecule has 1 fully saturated rings. The summed E-state index contributed by atoms with van der Waals surface area (Å²) in [7, 11) is 0. The first-order valence-electron chi connectivity index (χ1n) is 7.19. The summed E-state index contributed by atoms with van der Waals surface area (Å²) in [6.45, 7) is 2.01. The van der Waals surface area contributed by atoms with Gasteiger partial charge in [0.05, 0.1) is 30.0 Å². The minimum absolute atomic E-state index is 0.0481. The lowest BCUT2D eigenvalue weighted by molar-refractivity contribution is 0.0155. The van der Waals surface area contributed by atoms with E-state index in [9.17, 15) is 4.79 Å². The second kappa shape index (κ2) is 6.45. The van der Waals surface area contributed by atoms with Crippen molar-refractivity contribution in [2.45, 2.75) is 18.9 Å². The molecule has 21 heavy (non-hydrogen) atoms. The number of pyridine rings is 1. The normalized spacial score (nSPS) is 16.5. The molecule has 2 aromatic heterocycles. The number of halogens is 1. The molecule has 0 aromatic carbocycles. The van der Waals surface area contributed by atoms with Gasteiger partial charge in [-0.2, -0.15) is 5.10 Å². The van der Waals surface area contributed by atoms with Crippen LogP contribution in [0.5, 0.6) is 0 Å². The average molecular weight is 308 g/mol. The average Bonchev–Trinajstić information content (AvgIpc) is 2.97. The molecule has 1 aliphatic rings. The number of aromatic nitrogens is 2. The van der Waals surface area contributed by atoms with Crippen LogP contribution in [-0.2, 0) is 4.74 Å². The van der Waals surface area contributed by atoms with Crippen molar-refractivity contribution in [1.82, 2.24) is 14.5 Å².